The number of halogens is 1. The summed E-state index contributed by atoms with van der Waals surface area (Å²) in [6.45, 7) is 1.91. The maximum atomic E-state index is 10.9. The quantitative estimate of drug-likeness (QED) is 0.765. The number of nitrogens with one attached hydrogen (secondary N) is 1. The lowest BCUT2D eigenvalue weighted by atomic mass is 10.4. The molecule has 0 fully saturated rings. The third kappa shape index (κ3) is 4.61. The summed E-state index contributed by atoms with van der Waals surface area (Å²) < 4.78 is 16.2. The molecule has 2 atom stereocenters. The molecular formula is C8H14ClN3O2S. The molecule has 0 aromatic carbocycles. The third-order valence-electron chi connectivity index (χ3n) is 1.63. The van der Waals surface area contributed by atoms with E-state index in [1.807, 2.05) is 6.92 Å². The molecule has 1 heterocycles. The summed E-state index contributed by atoms with van der Waals surface area (Å²) in [5, 5.41) is 10.6. The van der Waals surface area contributed by atoms with Crippen LogP contribution in [0.3, 0.4) is 0 Å². The standard InChI is InChI=1S/C8H14ClN3O2S/c1-6(5-15(2)13)10-8-12-11-7(14-8)3-4-9/h6H,3-5H2,1-2H3,(H,10,12). The van der Waals surface area contributed by atoms with E-state index in [2.05, 4.69) is 15.5 Å². The predicted octanol–water partition coefficient (Wildman–Crippen LogP) is 1.03. The van der Waals surface area contributed by atoms with Crippen molar-refractivity contribution in [2.45, 2.75) is 19.4 Å². The number of aromatic nitrogens is 2. The summed E-state index contributed by atoms with van der Waals surface area (Å²) in [5.74, 6) is 1.51. The molecule has 0 spiro atoms. The lowest BCUT2D eigenvalue weighted by Crippen LogP contribution is -2.22. The lowest BCUT2D eigenvalue weighted by Gasteiger charge is -2.08. The van der Waals surface area contributed by atoms with E-state index in [0.717, 1.165) is 0 Å². The Labute approximate surface area is 96.1 Å². The fourth-order valence-electron chi connectivity index (χ4n) is 1.10. The minimum Gasteiger partial charge on any atom is -0.408 e. The summed E-state index contributed by atoms with van der Waals surface area (Å²) >= 11 is 5.53. The van der Waals surface area contributed by atoms with Crippen molar-refractivity contribution >= 4 is 28.4 Å². The fraction of sp³-hybridized carbons (Fsp3) is 0.750. The molecule has 2 unspecified atom stereocenters. The number of hydrogen-bond donors (Lipinski definition) is 1. The van der Waals surface area contributed by atoms with Crippen molar-refractivity contribution in [2.24, 2.45) is 0 Å². The zero-order valence-corrected chi connectivity index (χ0v) is 10.3. The van der Waals surface area contributed by atoms with Gasteiger partial charge in [0.15, 0.2) is 0 Å². The van der Waals surface area contributed by atoms with Crippen molar-refractivity contribution in [2.75, 3.05) is 23.2 Å². The smallest absolute Gasteiger partial charge is 0.315 e. The Morgan fingerprint density at radius 3 is 2.93 bits per heavy atom. The maximum absolute atomic E-state index is 10.9. The van der Waals surface area contributed by atoms with Crippen LogP contribution in [0.1, 0.15) is 12.8 Å². The zero-order chi connectivity index (χ0) is 11.3. The van der Waals surface area contributed by atoms with Crippen LogP contribution >= 0.6 is 11.6 Å². The van der Waals surface area contributed by atoms with Crippen LogP contribution in [0.2, 0.25) is 0 Å². The number of hydrogen-bond acceptors (Lipinski definition) is 5. The monoisotopic (exact) mass is 251 g/mol. The topological polar surface area (TPSA) is 68.0 Å². The van der Waals surface area contributed by atoms with Crippen molar-refractivity contribution in [1.82, 2.24) is 10.2 Å². The van der Waals surface area contributed by atoms with E-state index in [0.29, 0.717) is 30.0 Å². The molecule has 0 radical (unpaired) electrons. The molecule has 5 nitrogen and oxygen atoms in total. The molecule has 0 bridgehead atoms. The molecule has 15 heavy (non-hydrogen) atoms. The molecule has 1 rings (SSSR count). The van der Waals surface area contributed by atoms with Crippen LogP contribution in [-0.2, 0) is 17.2 Å². The van der Waals surface area contributed by atoms with Gasteiger partial charge in [0.2, 0.25) is 5.89 Å². The highest BCUT2D eigenvalue weighted by atomic mass is 35.5. The molecule has 86 valence electrons. The van der Waals surface area contributed by atoms with Crippen molar-refractivity contribution < 1.29 is 8.63 Å². The average Bonchev–Trinajstić information content (AvgIpc) is 2.51. The van der Waals surface area contributed by atoms with Crippen LogP contribution in [0.4, 0.5) is 6.01 Å². The Morgan fingerprint density at radius 1 is 1.60 bits per heavy atom. The first kappa shape index (κ1) is 12.4. The summed E-state index contributed by atoms with van der Waals surface area (Å²) in [6.07, 6.45) is 2.22. The molecular weight excluding hydrogens is 238 g/mol. The van der Waals surface area contributed by atoms with Gasteiger partial charge in [0.25, 0.3) is 0 Å². The Balaban J connectivity index is 2.45. The van der Waals surface area contributed by atoms with E-state index in [1.54, 1.807) is 6.26 Å². The fourth-order valence-corrected chi connectivity index (χ4v) is 2.05. The first-order valence-corrected chi connectivity index (χ1v) is 6.83. The lowest BCUT2D eigenvalue weighted by molar-refractivity contribution is 0.509. The van der Waals surface area contributed by atoms with Gasteiger partial charge >= 0.3 is 6.01 Å². The van der Waals surface area contributed by atoms with Crippen molar-refractivity contribution in [1.29, 1.82) is 0 Å². The largest absolute Gasteiger partial charge is 0.408 e. The van der Waals surface area contributed by atoms with Gasteiger partial charge in [0, 0.05) is 41.2 Å². The van der Waals surface area contributed by atoms with Crippen molar-refractivity contribution in [3.8, 4) is 0 Å². The van der Waals surface area contributed by atoms with Crippen LogP contribution in [0.25, 0.3) is 0 Å². The second-order valence-corrected chi connectivity index (χ2v) is 5.08. The second-order valence-electron chi connectivity index (χ2n) is 3.23. The molecule has 0 aliphatic rings. The number of anilines is 1. The molecule has 0 amide bonds. The Bertz CT molecular complexity index is 331. The Morgan fingerprint density at radius 2 is 2.33 bits per heavy atom. The van der Waals surface area contributed by atoms with E-state index in [4.69, 9.17) is 16.0 Å². The molecule has 1 N–H and O–H groups in total. The van der Waals surface area contributed by atoms with E-state index in [9.17, 15) is 4.21 Å². The first-order valence-electron chi connectivity index (χ1n) is 4.56. The molecule has 0 aliphatic heterocycles. The Hall–Kier alpha value is -0.620. The normalized spacial score (nSPS) is 14.9. The van der Waals surface area contributed by atoms with Gasteiger partial charge < -0.3 is 9.73 Å². The van der Waals surface area contributed by atoms with Gasteiger partial charge in [0.1, 0.15) is 0 Å². The summed E-state index contributed by atoms with van der Waals surface area (Å²) in [6, 6.07) is 0.396. The SMILES string of the molecule is CC(CS(C)=O)Nc1nnc(CCCl)o1. The van der Waals surface area contributed by atoms with Crippen molar-refractivity contribution in [3.05, 3.63) is 5.89 Å². The van der Waals surface area contributed by atoms with E-state index in [1.165, 1.54) is 0 Å². The number of rotatable bonds is 6. The maximum Gasteiger partial charge on any atom is 0.315 e. The van der Waals surface area contributed by atoms with E-state index in [-0.39, 0.29) is 6.04 Å². The minimum absolute atomic E-state index is 0.0418. The van der Waals surface area contributed by atoms with Gasteiger partial charge in [-0.05, 0) is 6.92 Å². The van der Waals surface area contributed by atoms with Gasteiger partial charge in [-0.1, -0.05) is 5.10 Å². The highest BCUT2D eigenvalue weighted by Gasteiger charge is 2.09. The van der Waals surface area contributed by atoms with Crippen LogP contribution in [0.5, 0.6) is 0 Å². The number of aryl methyl sites for hydroxylation is 1. The summed E-state index contributed by atoms with van der Waals surface area (Å²) in [5.41, 5.74) is 0. The van der Waals surface area contributed by atoms with Gasteiger partial charge in [-0.3, -0.25) is 4.21 Å². The van der Waals surface area contributed by atoms with Crippen LogP contribution in [-0.4, -0.2) is 38.3 Å². The minimum atomic E-state index is -0.839. The van der Waals surface area contributed by atoms with Gasteiger partial charge in [-0.15, -0.1) is 16.7 Å². The number of nitrogens with zero attached hydrogens (tertiary/aromatic N) is 2. The van der Waals surface area contributed by atoms with E-state index >= 15 is 0 Å². The van der Waals surface area contributed by atoms with Crippen molar-refractivity contribution in [3.63, 3.8) is 0 Å². The zero-order valence-electron chi connectivity index (χ0n) is 8.70. The molecule has 0 saturated carbocycles. The summed E-state index contributed by atoms with van der Waals surface area (Å²) in [7, 11) is -0.839. The van der Waals surface area contributed by atoms with E-state index < -0.39 is 10.8 Å². The molecule has 7 heteroatoms. The highest BCUT2D eigenvalue weighted by molar-refractivity contribution is 7.84. The number of alkyl halides is 1. The third-order valence-corrected chi connectivity index (χ3v) is 2.79. The Kier molecular flexibility index (Phi) is 5.04. The van der Waals surface area contributed by atoms with Crippen LogP contribution in [0, 0.1) is 0 Å². The van der Waals surface area contributed by atoms with Gasteiger partial charge in [-0.25, -0.2) is 0 Å². The first-order chi connectivity index (χ1) is 7.11. The molecule has 1 aromatic rings. The van der Waals surface area contributed by atoms with Gasteiger partial charge in [-0.2, -0.15) is 0 Å². The molecule has 0 aliphatic carbocycles. The van der Waals surface area contributed by atoms with Gasteiger partial charge in [0.05, 0.1) is 0 Å². The second kappa shape index (κ2) is 6.07. The van der Waals surface area contributed by atoms with Crippen LogP contribution < -0.4 is 5.32 Å². The molecule has 0 saturated heterocycles. The summed E-state index contributed by atoms with van der Waals surface area (Å²) in [4.78, 5) is 0. The highest BCUT2D eigenvalue weighted by Crippen LogP contribution is 2.08. The predicted molar refractivity (Wildman–Crippen MR) is 60.7 cm³/mol. The van der Waals surface area contributed by atoms with Crippen LogP contribution in [0.15, 0.2) is 4.42 Å². The molecule has 1 aromatic heterocycles. The average molecular weight is 252 g/mol.